The predicted molar refractivity (Wildman–Crippen MR) is 83.2 cm³/mol. The number of amides is 2. The average Bonchev–Trinajstić information content (AvgIpc) is 2.54. The number of aromatic hydroxyl groups is 1. The first-order valence-corrected chi connectivity index (χ1v) is 6.51. The van der Waals surface area contributed by atoms with Crippen molar-refractivity contribution in [2.45, 2.75) is 0 Å². The third-order valence-corrected chi connectivity index (χ3v) is 3.05. The second kappa shape index (κ2) is 6.56. The summed E-state index contributed by atoms with van der Waals surface area (Å²) in [6.07, 6.45) is 0. The molecule has 2 aromatic carbocycles. The molecule has 2 rings (SSSR count). The molecule has 0 heterocycles. The Kier molecular flexibility index (Phi) is 4.55. The van der Waals surface area contributed by atoms with E-state index in [-0.39, 0.29) is 17.1 Å². The van der Waals surface area contributed by atoms with Crippen molar-refractivity contribution in [1.29, 1.82) is 0 Å². The lowest BCUT2D eigenvalue weighted by molar-refractivity contribution is -0.384. The SMILES string of the molecule is CN(C(=O)C(=O)Nc1cccc([N+](=O)[O-])c1)c1ccc(O)cc1. The van der Waals surface area contributed by atoms with E-state index in [1.54, 1.807) is 0 Å². The Labute approximate surface area is 131 Å². The van der Waals surface area contributed by atoms with Gasteiger partial charge in [0.25, 0.3) is 5.69 Å². The molecule has 0 bridgehead atoms. The van der Waals surface area contributed by atoms with Gasteiger partial charge in [-0.2, -0.15) is 0 Å². The van der Waals surface area contributed by atoms with Gasteiger partial charge in [-0.25, -0.2) is 0 Å². The Hall–Kier alpha value is -3.42. The van der Waals surface area contributed by atoms with E-state index < -0.39 is 16.7 Å². The number of non-ortho nitro benzene ring substituents is 1. The Morgan fingerprint density at radius 1 is 1.17 bits per heavy atom. The number of nitro groups is 1. The summed E-state index contributed by atoms with van der Waals surface area (Å²) in [4.78, 5) is 35.2. The number of nitrogens with zero attached hydrogens (tertiary/aromatic N) is 2. The van der Waals surface area contributed by atoms with E-state index in [4.69, 9.17) is 0 Å². The Morgan fingerprint density at radius 2 is 1.83 bits per heavy atom. The van der Waals surface area contributed by atoms with Crippen molar-refractivity contribution in [3.8, 4) is 5.75 Å². The number of likely N-dealkylation sites (N-methyl/N-ethyl adjacent to an activating group) is 1. The molecular formula is C15H13N3O5. The number of hydrogen-bond donors (Lipinski definition) is 2. The van der Waals surface area contributed by atoms with Crippen LogP contribution in [0.1, 0.15) is 0 Å². The number of phenols is 1. The number of carbonyl (C=O) groups is 2. The van der Waals surface area contributed by atoms with Crippen molar-refractivity contribution in [3.63, 3.8) is 0 Å². The Balaban J connectivity index is 2.10. The predicted octanol–water partition coefficient (Wildman–Crippen LogP) is 1.90. The van der Waals surface area contributed by atoms with Crippen LogP contribution in [-0.4, -0.2) is 28.9 Å². The number of phenolic OH excluding ortho intramolecular Hbond substituents is 1. The van der Waals surface area contributed by atoms with E-state index in [1.165, 1.54) is 49.5 Å². The average molecular weight is 315 g/mol. The van der Waals surface area contributed by atoms with E-state index in [2.05, 4.69) is 5.32 Å². The van der Waals surface area contributed by atoms with Crippen molar-refractivity contribution in [3.05, 3.63) is 58.6 Å². The first kappa shape index (κ1) is 16.0. The molecule has 0 saturated heterocycles. The topological polar surface area (TPSA) is 113 Å². The van der Waals surface area contributed by atoms with E-state index in [9.17, 15) is 24.8 Å². The van der Waals surface area contributed by atoms with Gasteiger partial charge in [0.05, 0.1) is 4.92 Å². The minimum absolute atomic E-state index is 0.0376. The van der Waals surface area contributed by atoms with Crippen LogP contribution < -0.4 is 10.2 Å². The smallest absolute Gasteiger partial charge is 0.316 e. The molecule has 2 aromatic rings. The van der Waals surface area contributed by atoms with Crippen LogP contribution in [0.25, 0.3) is 0 Å². The molecule has 2 amide bonds. The maximum Gasteiger partial charge on any atom is 0.316 e. The van der Waals surface area contributed by atoms with Gasteiger partial charge in [-0.3, -0.25) is 19.7 Å². The fourth-order valence-electron chi connectivity index (χ4n) is 1.83. The minimum Gasteiger partial charge on any atom is -0.508 e. The fourth-order valence-corrected chi connectivity index (χ4v) is 1.83. The van der Waals surface area contributed by atoms with Crippen LogP contribution in [0.4, 0.5) is 17.1 Å². The maximum absolute atomic E-state index is 12.1. The second-order valence-electron chi connectivity index (χ2n) is 4.64. The number of rotatable bonds is 3. The van der Waals surface area contributed by atoms with E-state index in [0.717, 1.165) is 11.0 Å². The highest BCUT2D eigenvalue weighted by Crippen LogP contribution is 2.19. The number of nitrogens with one attached hydrogen (secondary N) is 1. The summed E-state index contributed by atoms with van der Waals surface area (Å²) in [7, 11) is 1.40. The summed E-state index contributed by atoms with van der Waals surface area (Å²) in [5.74, 6) is -1.74. The number of hydrogen-bond acceptors (Lipinski definition) is 5. The molecule has 0 aliphatic heterocycles. The summed E-state index contributed by atoms with van der Waals surface area (Å²) in [5.41, 5.74) is 0.376. The molecule has 0 aromatic heterocycles. The van der Waals surface area contributed by atoms with Crippen LogP contribution in [0.3, 0.4) is 0 Å². The normalized spacial score (nSPS) is 9.96. The van der Waals surface area contributed by atoms with Gasteiger partial charge in [0, 0.05) is 30.6 Å². The zero-order chi connectivity index (χ0) is 17.0. The molecule has 0 saturated carbocycles. The minimum atomic E-state index is -0.930. The molecule has 0 fully saturated rings. The molecule has 0 atom stereocenters. The number of benzene rings is 2. The van der Waals surface area contributed by atoms with Gasteiger partial charge in [-0.05, 0) is 30.3 Å². The lowest BCUT2D eigenvalue weighted by Crippen LogP contribution is -2.37. The molecule has 0 spiro atoms. The summed E-state index contributed by atoms with van der Waals surface area (Å²) >= 11 is 0. The van der Waals surface area contributed by atoms with Gasteiger partial charge in [-0.15, -0.1) is 0 Å². The molecule has 2 N–H and O–H groups in total. The summed E-state index contributed by atoms with van der Waals surface area (Å²) in [6, 6.07) is 11.0. The Bertz CT molecular complexity index is 758. The quantitative estimate of drug-likeness (QED) is 0.510. The van der Waals surface area contributed by atoms with Gasteiger partial charge in [0.1, 0.15) is 5.75 Å². The molecule has 0 aliphatic carbocycles. The summed E-state index contributed by atoms with van der Waals surface area (Å²) in [6.45, 7) is 0. The van der Waals surface area contributed by atoms with Gasteiger partial charge in [0.2, 0.25) is 0 Å². The molecule has 8 nitrogen and oxygen atoms in total. The van der Waals surface area contributed by atoms with Crippen molar-refractivity contribution in [2.24, 2.45) is 0 Å². The van der Waals surface area contributed by atoms with Crippen molar-refractivity contribution >= 4 is 28.9 Å². The number of anilines is 2. The van der Waals surface area contributed by atoms with Crippen molar-refractivity contribution in [2.75, 3.05) is 17.3 Å². The van der Waals surface area contributed by atoms with Crippen molar-refractivity contribution < 1.29 is 19.6 Å². The lowest BCUT2D eigenvalue weighted by atomic mass is 10.2. The van der Waals surface area contributed by atoms with Crippen LogP contribution in [0.2, 0.25) is 0 Å². The molecule has 0 aliphatic rings. The maximum atomic E-state index is 12.1. The monoisotopic (exact) mass is 315 g/mol. The fraction of sp³-hybridized carbons (Fsp3) is 0.0667. The second-order valence-corrected chi connectivity index (χ2v) is 4.64. The van der Waals surface area contributed by atoms with Gasteiger partial charge in [-0.1, -0.05) is 6.07 Å². The molecular weight excluding hydrogens is 302 g/mol. The highest BCUT2D eigenvalue weighted by molar-refractivity contribution is 6.44. The first-order chi connectivity index (χ1) is 10.9. The van der Waals surface area contributed by atoms with Crippen molar-refractivity contribution in [1.82, 2.24) is 0 Å². The third-order valence-electron chi connectivity index (χ3n) is 3.05. The van der Waals surface area contributed by atoms with Gasteiger partial charge in [0.15, 0.2) is 0 Å². The largest absolute Gasteiger partial charge is 0.508 e. The first-order valence-electron chi connectivity index (χ1n) is 6.51. The van der Waals surface area contributed by atoms with Crippen LogP contribution in [0.15, 0.2) is 48.5 Å². The molecule has 8 heteroatoms. The van der Waals surface area contributed by atoms with Crippen LogP contribution in [-0.2, 0) is 9.59 Å². The zero-order valence-corrected chi connectivity index (χ0v) is 12.1. The van der Waals surface area contributed by atoms with E-state index in [0.29, 0.717) is 5.69 Å². The molecule has 0 unspecified atom stereocenters. The lowest BCUT2D eigenvalue weighted by Gasteiger charge is -2.16. The summed E-state index contributed by atoms with van der Waals surface area (Å²) < 4.78 is 0. The molecule has 118 valence electrons. The Morgan fingerprint density at radius 3 is 2.43 bits per heavy atom. The molecule has 0 radical (unpaired) electrons. The zero-order valence-electron chi connectivity index (χ0n) is 12.1. The van der Waals surface area contributed by atoms with E-state index in [1.807, 2.05) is 0 Å². The van der Waals surface area contributed by atoms with Crippen LogP contribution in [0, 0.1) is 10.1 Å². The standard InChI is InChI=1S/C15H13N3O5/c1-17(11-5-7-13(19)8-6-11)15(21)14(20)16-10-3-2-4-12(9-10)18(22)23/h2-9,19H,1H3,(H,16,20). The van der Waals surface area contributed by atoms with E-state index >= 15 is 0 Å². The summed E-state index contributed by atoms with van der Waals surface area (Å²) in [5, 5.41) is 22.2. The third kappa shape index (κ3) is 3.82. The highest BCUT2D eigenvalue weighted by atomic mass is 16.6. The van der Waals surface area contributed by atoms with Gasteiger partial charge >= 0.3 is 11.8 Å². The molecule has 23 heavy (non-hydrogen) atoms. The number of carbonyl (C=O) groups excluding carboxylic acids is 2. The van der Waals surface area contributed by atoms with Crippen LogP contribution in [0.5, 0.6) is 5.75 Å². The highest BCUT2D eigenvalue weighted by Gasteiger charge is 2.20. The van der Waals surface area contributed by atoms with Gasteiger partial charge < -0.3 is 15.3 Å². The number of nitro benzene ring substituents is 1. The van der Waals surface area contributed by atoms with Crippen LogP contribution >= 0.6 is 0 Å².